The second kappa shape index (κ2) is 8.89. The Morgan fingerprint density at radius 3 is 2.46 bits per heavy atom. The van der Waals surface area contributed by atoms with E-state index in [-0.39, 0.29) is 5.91 Å². The van der Waals surface area contributed by atoms with Crippen molar-refractivity contribution in [2.24, 2.45) is 5.73 Å². The van der Waals surface area contributed by atoms with Crippen LogP contribution in [0.1, 0.15) is 61.8 Å². The van der Waals surface area contributed by atoms with E-state index in [0.717, 1.165) is 50.0 Å². The number of primary amides is 1. The first kappa shape index (κ1) is 20.6. The summed E-state index contributed by atoms with van der Waals surface area (Å²) in [6.45, 7) is 6.76. The fraction of sp³-hybridized carbons (Fsp3) is 0.458. The highest BCUT2D eigenvalue weighted by molar-refractivity contribution is 5.85. The normalized spacial score (nSPS) is 17.4. The Morgan fingerprint density at radius 1 is 1.14 bits per heavy atom. The van der Waals surface area contributed by atoms with Gasteiger partial charge < -0.3 is 15.7 Å². The fourth-order valence-electron chi connectivity index (χ4n) is 3.96. The number of hydrogen-bond donors (Lipinski definition) is 2. The van der Waals surface area contributed by atoms with Crippen molar-refractivity contribution in [1.29, 1.82) is 0 Å². The lowest BCUT2D eigenvalue weighted by Gasteiger charge is -2.33. The number of benzene rings is 2. The number of likely N-dealkylation sites (tertiary alicyclic amines) is 1. The number of piperidine rings is 1. The lowest BCUT2D eigenvalue weighted by Crippen LogP contribution is -2.36. The van der Waals surface area contributed by atoms with Crippen molar-refractivity contribution in [3.05, 3.63) is 71.3 Å². The van der Waals surface area contributed by atoms with Gasteiger partial charge in [-0.1, -0.05) is 54.6 Å². The van der Waals surface area contributed by atoms with E-state index in [4.69, 9.17) is 5.73 Å². The van der Waals surface area contributed by atoms with E-state index < -0.39 is 11.5 Å². The second-order valence-corrected chi connectivity index (χ2v) is 8.45. The number of hydrogen-bond acceptors (Lipinski definition) is 3. The molecule has 1 atom stereocenters. The molecule has 4 nitrogen and oxygen atoms in total. The Hall–Kier alpha value is -2.17. The highest BCUT2D eigenvalue weighted by atomic mass is 16.3. The Balaban J connectivity index is 1.54. The summed E-state index contributed by atoms with van der Waals surface area (Å²) in [5.41, 5.74) is 8.22. The van der Waals surface area contributed by atoms with Crippen LogP contribution in [0.3, 0.4) is 0 Å². The molecule has 150 valence electrons. The summed E-state index contributed by atoms with van der Waals surface area (Å²) in [5.74, 6) is 0.218. The molecule has 0 aromatic heterocycles. The maximum atomic E-state index is 11.8. The van der Waals surface area contributed by atoms with Gasteiger partial charge in [0, 0.05) is 6.54 Å². The van der Waals surface area contributed by atoms with Crippen molar-refractivity contribution < 1.29 is 9.90 Å². The molecule has 0 aliphatic carbocycles. The van der Waals surface area contributed by atoms with Crippen LogP contribution in [0.2, 0.25) is 0 Å². The van der Waals surface area contributed by atoms with Crippen LogP contribution in [0.15, 0.2) is 54.6 Å². The van der Waals surface area contributed by atoms with E-state index in [0.29, 0.717) is 5.92 Å². The van der Waals surface area contributed by atoms with Crippen LogP contribution in [0, 0.1) is 0 Å². The van der Waals surface area contributed by atoms with E-state index in [2.05, 4.69) is 17.0 Å². The predicted molar refractivity (Wildman–Crippen MR) is 113 cm³/mol. The van der Waals surface area contributed by atoms with Gasteiger partial charge in [-0.2, -0.15) is 0 Å². The van der Waals surface area contributed by atoms with E-state index in [1.807, 2.05) is 56.3 Å². The third-order valence-electron chi connectivity index (χ3n) is 6.19. The molecule has 4 heteroatoms. The molecular weight excluding hydrogens is 348 g/mol. The number of carbonyl (C=O) groups excluding carboxylic acids is 1. The molecule has 3 N–H and O–H groups in total. The lowest BCUT2D eigenvalue weighted by molar-refractivity contribution is -0.122. The zero-order chi connectivity index (χ0) is 20.1. The van der Waals surface area contributed by atoms with Crippen LogP contribution in [0.5, 0.6) is 0 Å². The van der Waals surface area contributed by atoms with Crippen LogP contribution < -0.4 is 5.73 Å². The highest BCUT2D eigenvalue weighted by Gasteiger charge is 2.28. The molecule has 1 heterocycles. The number of nitrogens with zero attached hydrogens (tertiary/aromatic N) is 1. The number of carbonyl (C=O) groups is 1. The van der Waals surface area contributed by atoms with Crippen LogP contribution in [0.25, 0.3) is 0 Å². The predicted octanol–water partition coefficient (Wildman–Crippen LogP) is 3.75. The fourth-order valence-corrected chi connectivity index (χ4v) is 3.96. The minimum absolute atomic E-state index is 0.295. The van der Waals surface area contributed by atoms with E-state index in [1.54, 1.807) is 0 Å². The minimum atomic E-state index is -0.649. The molecule has 28 heavy (non-hydrogen) atoms. The van der Waals surface area contributed by atoms with Crippen molar-refractivity contribution in [3.63, 3.8) is 0 Å². The SMILES string of the molecule is CC(C)(C(N)=O)c1cccc(C2CCN(CC[C@@H](O)c3ccccc3)CC2)c1. The summed E-state index contributed by atoms with van der Waals surface area (Å²) < 4.78 is 0. The molecule has 0 spiro atoms. The zero-order valence-corrected chi connectivity index (χ0v) is 17.0. The first-order valence-corrected chi connectivity index (χ1v) is 10.2. The summed E-state index contributed by atoms with van der Waals surface area (Å²) in [4.78, 5) is 14.2. The van der Waals surface area contributed by atoms with Crippen molar-refractivity contribution in [2.45, 2.75) is 50.5 Å². The average Bonchev–Trinajstić information content (AvgIpc) is 2.73. The molecule has 1 aliphatic heterocycles. The largest absolute Gasteiger partial charge is 0.388 e. The van der Waals surface area contributed by atoms with Gasteiger partial charge in [0.15, 0.2) is 0 Å². The summed E-state index contributed by atoms with van der Waals surface area (Å²) in [7, 11) is 0. The first-order chi connectivity index (χ1) is 13.4. The van der Waals surface area contributed by atoms with Crippen molar-refractivity contribution in [2.75, 3.05) is 19.6 Å². The second-order valence-electron chi connectivity index (χ2n) is 8.45. The molecule has 2 aromatic carbocycles. The van der Waals surface area contributed by atoms with Crippen molar-refractivity contribution >= 4 is 5.91 Å². The monoisotopic (exact) mass is 380 g/mol. The molecule has 0 unspecified atom stereocenters. The number of amides is 1. The molecule has 1 saturated heterocycles. The van der Waals surface area contributed by atoms with Gasteiger partial charge in [-0.15, -0.1) is 0 Å². The number of nitrogens with two attached hydrogens (primary N) is 1. The summed E-state index contributed by atoms with van der Waals surface area (Å²) in [6, 6.07) is 18.2. The van der Waals surface area contributed by atoms with Gasteiger partial charge in [-0.05, 0) is 68.8 Å². The Kier molecular flexibility index (Phi) is 6.53. The quantitative estimate of drug-likeness (QED) is 0.769. The molecule has 2 aromatic rings. The molecule has 1 aliphatic rings. The lowest BCUT2D eigenvalue weighted by atomic mass is 9.80. The van der Waals surface area contributed by atoms with Gasteiger partial charge in [0.1, 0.15) is 0 Å². The zero-order valence-electron chi connectivity index (χ0n) is 17.0. The summed E-state index contributed by atoms with van der Waals surface area (Å²) in [6.07, 6.45) is 2.56. The minimum Gasteiger partial charge on any atom is -0.388 e. The van der Waals surface area contributed by atoms with E-state index >= 15 is 0 Å². The molecule has 1 fully saturated rings. The Labute approximate surface area is 168 Å². The number of aliphatic hydroxyl groups is 1. The molecule has 0 saturated carbocycles. The van der Waals surface area contributed by atoms with Crippen LogP contribution in [0.4, 0.5) is 0 Å². The van der Waals surface area contributed by atoms with Gasteiger partial charge in [0.05, 0.1) is 11.5 Å². The highest BCUT2D eigenvalue weighted by Crippen LogP contribution is 2.32. The standard InChI is InChI=1S/C24H32N2O2/c1-24(2,23(25)28)21-10-6-9-20(17-21)18-11-14-26(15-12-18)16-13-22(27)19-7-4-3-5-8-19/h3-10,17-18,22,27H,11-16H2,1-2H3,(H2,25,28)/t22-/m1/s1. The van der Waals surface area contributed by atoms with Gasteiger partial charge in [-0.25, -0.2) is 0 Å². The molecule has 0 bridgehead atoms. The van der Waals surface area contributed by atoms with Gasteiger partial charge in [-0.3, -0.25) is 4.79 Å². The smallest absolute Gasteiger partial charge is 0.227 e. The number of aliphatic hydroxyl groups excluding tert-OH is 1. The summed E-state index contributed by atoms with van der Waals surface area (Å²) in [5, 5.41) is 10.4. The van der Waals surface area contributed by atoms with Crippen LogP contribution in [-0.4, -0.2) is 35.5 Å². The summed E-state index contributed by atoms with van der Waals surface area (Å²) >= 11 is 0. The maximum absolute atomic E-state index is 11.8. The molecular formula is C24H32N2O2. The van der Waals surface area contributed by atoms with Gasteiger partial charge in [0.2, 0.25) is 5.91 Å². The maximum Gasteiger partial charge on any atom is 0.227 e. The van der Waals surface area contributed by atoms with Crippen molar-refractivity contribution in [1.82, 2.24) is 4.90 Å². The van der Waals surface area contributed by atoms with Crippen LogP contribution >= 0.6 is 0 Å². The van der Waals surface area contributed by atoms with Crippen LogP contribution in [-0.2, 0) is 10.2 Å². The van der Waals surface area contributed by atoms with Crippen molar-refractivity contribution in [3.8, 4) is 0 Å². The van der Waals surface area contributed by atoms with E-state index in [9.17, 15) is 9.90 Å². The van der Waals surface area contributed by atoms with E-state index in [1.165, 1.54) is 5.56 Å². The third kappa shape index (κ3) is 4.81. The molecule has 3 rings (SSSR count). The third-order valence-corrected chi connectivity index (χ3v) is 6.19. The topological polar surface area (TPSA) is 66.6 Å². The average molecular weight is 381 g/mol. The first-order valence-electron chi connectivity index (χ1n) is 10.2. The Morgan fingerprint density at radius 2 is 1.82 bits per heavy atom. The molecule has 1 amide bonds. The van der Waals surface area contributed by atoms with Gasteiger partial charge in [0.25, 0.3) is 0 Å². The number of rotatable bonds is 7. The Bertz CT molecular complexity index is 780. The van der Waals surface area contributed by atoms with Gasteiger partial charge >= 0.3 is 0 Å². The molecule has 0 radical (unpaired) electrons.